The molecule has 2 rings (SSSR count). The van der Waals surface area contributed by atoms with E-state index in [9.17, 15) is 0 Å². The lowest BCUT2D eigenvalue weighted by atomic mass is 10.0. The van der Waals surface area contributed by atoms with Crippen molar-refractivity contribution in [2.24, 2.45) is 22.7 Å². The van der Waals surface area contributed by atoms with E-state index in [1.807, 2.05) is 13.8 Å². The smallest absolute Gasteiger partial charge is 0.174 e. The van der Waals surface area contributed by atoms with Gasteiger partial charge in [-0.1, -0.05) is 19.0 Å². The summed E-state index contributed by atoms with van der Waals surface area (Å²) in [6.45, 7) is 10.1. The maximum atomic E-state index is 8.97. The lowest BCUT2D eigenvalue weighted by molar-refractivity contribution is 0.318. The topological polar surface area (TPSA) is 87.6 Å². The van der Waals surface area contributed by atoms with Gasteiger partial charge in [0.15, 0.2) is 11.7 Å². The molecule has 19 heavy (non-hydrogen) atoms. The highest BCUT2D eigenvalue weighted by molar-refractivity contribution is 6.02. The normalized spacial score (nSPS) is 24.0. The van der Waals surface area contributed by atoms with Crippen LogP contribution in [0, 0.1) is 25.7 Å². The first kappa shape index (κ1) is 13.6. The number of amidine groups is 1. The number of nitrogens with two attached hydrogens (primary N) is 1. The van der Waals surface area contributed by atoms with E-state index in [1.165, 1.54) is 0 Å². The van der Waals surface area contributed by atoms with Crippen LogP contribution < -0.4 is 10.6 Å². The van der Waals surface area contributed by atoms with Gasteiger partial charge in [-0.25, -0.2) is 0 Å². The Labute approximate surface area is 113 Å². The molecule has 1 aromatic heterocycles. The largest absolute Gasteiger partial charge is 0.409 e. The van der Waals surface area contributed by atoms with Gasteiger partial charge in [-0.3, -0.25) is 0 Å². The van der Waals surface area contributed by atoms with E-state index in [2.05, 4.69) is 34.1 Å². The molecule has 1 aromatic rings. The van der Waals surface area contributed by atoms with Crippen molar-refractivity contribution in [3.05, 3.63) is 16.8 Å². The number of anilines is 1. The summed E-state index contributed by atoms with van der Waals surface area (Å²) < 4.78 is 0. The lowest BCUT2D eigenvalue weighted by Crippen LogP contribution is -2.27. The quantitative estimate of drug-likeness (QED) is 0.363. The molecule has 104 valence electrons. The first-order valence-electron chi connectivity index (χ1n) is 6.52. The highest BCUT2D eigenvalue weighted by Crippen LogP contribution is 2.30. The molecule has 1 saturated heterocycles. The van der Waals surface area contributed by atoms with Crippen molar-refractivity contribution >= 4 is 11.7 Å². The first-order chi connectivity index (χ1) is 8.95. The molecule has 0 amide bonds. The van der Waals surface area contributed by atoms with E-state index in [-0.39, 0.29) is 5.84 Å². The van der Waals surface area contributed by atoms with Crippen molar-refractivity contribution in [1.29, 1.82) is 0 Å². The van der Waals surface area contributed by atoms with Gasteiger partial charge in [0, 0.05) is 13.1 Å². The van der Waals surface area contributed by atoms with E-state index in [4.69, 9.17) is 10.9 Å². The molecule has 6 heteroatoms. The Morgan fingerprint density at radius 1 is 1.26 bits per heavy atom. The maximum absolute atomic E-state index is 8.97. The third-order valence-corrected chi connectivity index (χ3v) is 4.09. The van der Waals surface area contributed by atoms with Crippen molar-refractivity contribution in [1.82, 2.24) is 10.2 Å². The number of oxime groups is 1. The SMILES string of the molecule is Cc1nnc(N2CC(C)C(C)C2)c(C(N)=NO)c1C. The molecule has 2 atom stereocenters. The van der Waals surface area contributed by atoms with Crippen molar-refractivity contribution in [2.45, 2.75) is 27.7 Å². The second-order valence-electron chi connectivity index (χ2n) is 5.45. The van der Waals surface area contributed by atoms with Crippen LogP contribution in [-0.2, 0) is 0 Å². The van der Waals surface area contributed by atoms with Crippen molar-refractivity contribution in [3.63, 3.8) is 0 Å². The number of hydrogen-bond acceptors (Lipinski definition) is 5. The van der Waals surface area contributed by atoms with Crippen molar-refractivity contribution < 1.29 is 5.21 Å². The Balaban J connectivity index is 2.49. The number of nitrogens with zero attached hydrogens (tertiary/aromatic N) is 4. The zero-order chi connectivity index (χ0) is 14.2. The highest BCUT2D eigenvalue weighted by Gasteiger charge is 2.30. The van der Waals surface area contributed by atoms with E-state index < -0.39 is 0 Å². The van der Waals surface area contributed by atoms with E-state index >= 15 is 0 Å². The fourth-order valence-electron chi connectivity index (χ4n) is 2.48. The first-order valence-corrected chi connectivity index (χ1v) is 6.52. The molecular weight excluding hydrogens is 242 g/mol. The fraction of sp³-hybridized carbons (Fsp3) is 0.615. The van der Waals surface area contributed by atoms with Gasteiger partial charge in [0.2, 0.25) is 0 Å². The molecule has 3 N–H and O–H groups in total. The van der Waals surface area contributed by atoms with Crippen LogP contribution in [0.25, 0.3) is 0 Å². The third kappa shape index (κ3) is 2.34. The van der Waals surface area contributed by atoms with Crippen LogP contribution in [0.15, 0.2) is 5.16 Å². The predicted octanol–water partition coefficient (Wildman–Crippen LogP) is 1.28. The highest BCUT2D eigenvalue weighted by atomic mass is 16.4. The van der Waals surface area contributed by atoms with Crippen LogP contribution in [-0.4, -0.2) is 34.3 Å². The molecule has 1 aliphatic rings. The summed E-state index contributed by atoms with van der Waals surface area (Å²) in [5, 5.41) is 20.5. The summed E-state index contributed by atoms with van der Waals surface area (Å²) in [6.07, 6.45) is 0. The Bertz CT molecular complexity index is 504. The molecule has 2 unspecified atom stereocenters. The number of rotatable bonds is 2. The van der Waals surface area contributed by atoms with E-state index in [1.54, 1.807) is 0 Å². The van der Waals surface area contributed by atoms with Crippen LogP contribution in [0.2, 0.25) is 0 Å². The number of hydrogen-bond donors (Lipinski definition) is 2. The fourth-order valence-corrected chi connectivity index (χ4v) is 2.48. The Morgan fingerprint density at radius 2 is 1.84 bits per heavy atom. The Kier molecular flexibility index (Phi) is 3.59. The summed E-state index contributed by atoms with van der Waals surface area (Å²) in [4.78, 5) is 2.17. The third-order valence-electron chi connectivity index (χ3n) is 4.09. The summed E-state index contributed by atoms with van der Waals surface area (Å²) in [6, 6.07) is 0. The molecule has 0 spiro atoms. The minimum Gasteiger partial charge on any atom is -0.409 e. The van der Waals surface area contributed by atoms with Gasteiger partial charge >= 0.3 is 0 Å². The average molecular weight is 263 g/mol. The zero-order valence-electron chi connectivity index (χ0n) is 11.9. The lowest BCUT2D eigenvalue weighted by Gasteiger charge is -2.21. The van der Waals surface area contributed by atoms with Gasteiger partial charge in [-0.05, 0) is 31.2 Å². The monoisotopic (exact) mass is 263 g/mol. The Hall–Kier alpha value is -1.85. The summed E-state index contributed by atoms with van der Waals surface area (Å²) in [7, 11) is 0. The predicted molar refractivity (Wildman–Crippen MR) is 74.6 cm³/mol. The van der Waals surface area contributed by atoms with Crippen molar-refractivity contribution in [3.8, 4) is 0 Å². The number of aromatic nitrogens is 2. The summed E-state index contributed by atoms with van der Waals surface area (Å²) >= 11 is 0. The van der Waals surface area contributed by atoms with Gasteiger partial charge in [0.1, 0.15) is 0 Å². The minimum atomic E-state index is 0.0951. The summed E-state index contributed by atoms with van der Waals surface area (Å²) in [5.74, 6) is 2.01. The molecule has 2 heterocycles. The Morgan fingerprint density at radius 3 is 2.37 bits per heavy atom. The molecule has 6 nitrogen and oxygen atoms in total. The average Bonchev–Trinajstić information content (AvgIpc) is 2.71. The van der Waals surface area contributed by atoms with Crippen LogP contribution in [0.5, 0.6) is 0 Å². The van der Waals surface area contributed by atoms with Crippen LogP contribution in [0.3, 0.4) is 0 Å². The van der Waals surface area contributed by atoms with Crippen LogP contribution in [0.4, 0.5) is 5.82 Å². The standard InChI is InChI=1S/C13H21N5O/c1-7-5-18(6-8(7)2)13-11(12(14)17-19)9(3)10(4)15-16-13/h7-8,19H,5-6H2,1-4H3,(H2,14,17). The minimum absolute atomic E-state index is 0.0951. The molecule has 1 aliphatic heterocycles. The van der Waals surface area contributed by atoms with Crippen molar-refractivity contribution in [2.75, 3.05) is 18.0 Å². The van der Waals surface area contributed by atoms with Gasteiger partial charge < -0.3 is 15.8 Å². The molecular formula is C13H21N5O. The summed E-state index contributed by atoms with van der Waals surface area (Å²) in [5.41, 5.74) is 8.20. The molecule has 1 fully saturated rings. The molecule has 0 saturated carbocycles. The van der Waals surface area contributed by atoms with E-state index in [0.29, 0.717) is 17.4 Å². The van der Waals surface area contributed by atoms with Gasteiger partial charge in [0.05, 0.1) is 11.3 Å². The second kappa shape index (κ2) is 5.03. The van der Waals surface area contributed by atoms with Gasteiger partial charge in [0.25, 0.3) is 0 Å². The zero-order valence-corrected chi connectivity index (χ0v) is 11.9. The van der Waals surface area contributed by atoms with Gasteiger partial charge in [-0.2, -0.15) is 5.10 Å². The maximum Gasteiger partial charge on any atom is 0.174 e. The van der Waals surface area contributed by atoms with E-state index in [0.717, 1.165) is 30.2 Å². The van der Waals surface area contributed by atoms with Crippen LogP contribution in [0.1, 0.15) is 30.7 Å². The molecule has 0 aromatic carbocycles. The van der Waals surface area contributed by atoms with Crippen LogP contribution >= 0.6 is 0 Å². The van der Waals surface area contributed by atoms with Gasteiger partial charge in [-0.15, -0.1) is 5.10 Å². The second-order valence-corrected chi connectivity index (χ2v) is 5.45. The molecule has 0 radical (unpaired) electrons. The number of aryl methyl sites for hydroxylation is 1. The molecule has 0 bridgehead atoms. The molecule has 0 aliphatic carbocycles.